The maximum Gasteiger partial charge on any atom is 0.0700 e. The molecule has 0 amide bonds. The van der Waals surface area contributed by atoms with E-state index >= 15 is 0 Å². The van der Waals surface area contributed by atoms with Crippen LogP contribution in [0.15, 0.2) is 24.3 Å². The maximum atomic E-state index is 5.87. The Morgan fingerprint density at radius 1 is 1.38 bits per heavy atom. The minimum atomic E-state index is 0.315. The summed E-state index contributed by atoms with van der Waals surface area (Å²) in [7, 11) is 0. The van der Waals surface area contributed by atoms with Crippen LogP contribution in [-0.4, -0.2) is 18.8 Å². The molecule has 2 nitrogen and oxygen atoms in total. The van der Waals surface area contributed by atoms with E-state index in [9.17, 15) is 0 Å². The van der Waals surface area contributed by atoms with Crippen LogP contribution in [0.2, 0.25) is 5.02 Å². The molecule has 1 aliphatic rings. The van der Waals surface area contributed by atoms with Crippen LogP contribution in [0.4, 0.5) is 0 Å². The van der Waals surface area contributed by atoms with Crippen molar-refractivity contribution in [3.8, 4) is 0 Å². The van der Waals surface area contributed by atoms with Crippen LogP contribution in [0, 0.1) is 0 Å². The average molecular weight is 240 g/mol. The second kappa shape index (κ2) is 5.17. The van der Waals surface area contributed by atoms with Gasteiger partial charge in [0.05, 0.1) is 6.10 Å². The number of nitrogens with one attached hydrogen (secondary N) is 1. The van der Waals surface area contributed by atoms with Crippen LogP contribution in [-0.2, 0) is 4.74 Å². The van der Waals surface area contributed by atoms with E-state index in [1.807, 2.05) is 12.1 Å². The van der Waals surface area contributed by atoms with Crippen molar-refractivity contribution >= 4 is 11.6 Å². The number of rotatable bonds is 3. The van der Waals surface area contributed by atoms with Crippen LogP contribution < -0.4 is 5.32 Å². The third kappa shape index (κ3) is 2.76. The van der Waals surface area contributed by atoms with Crippen LogP contribution in [0.3, 0.4) is 0 Å². The second-order valence-corrected chi connectivity index (χ2v) is 4.85. The topological polar surface area (TPSA) is 21.3 Å². The molecule has 1 saturated heterocycles. The lowest BCUT2D eigenvalue weighted by molar-refractivity contribution is 0.111. The molecular formula is C13H18ClNO. The Kier molecular flexibility index (Phi) is 3.85. The highest BCUT2D eigenvalue weighted by atomic mass is 35.5. The lowest BCUT2D eigenvalue weighted by Gasteiger charge is -2.22. The van der Waals surface area contributed by atoms with Crippen molar-refractivity contribution in [2.24, 2.45) is 0 Å². The van der Waals surface area contributed by atoms with E-state index in [1.165, 1.54) is 5.56 Å². The van der Waals surface area contributed by atoms with Gasteiger partial charge in [-0.25, -0.2) is 0 Å². The fourth-order valence-corrected chi connectivity index (χ4v) is 2.25. The molecule has 3 unspecified atom stereocenters. The molecule has 1 aromatic rings. The van der Waals surface area contributed by atoms with Gasteiger partial charge in [0.15, 0.2) is 0 Å². The summed E-state index contributed by atoms with van der Waals surface area (Å²) in [5, 5.41) is 4.38. The Labute approximate surface area is 102 Å². The predicted octanol–water partition coefficient (Wildman–Crippen LogP) is 3.17. The molecule has 2 rings (SSSR count). The predicted molar refractivity (Wildman–Crippen MR) is 66.8 cm³/mol. The molecule has 0 radical (unpaired) electrons. The lowest BCUT2D eigenvalue weighted by Crippen LogP contribution is -2.36. The Morgan fingerprint density at radius 2 is 2.06 bits per heavy atom. The average Bonchev–Trinajstić information content (AvgIpc) is 2.65. The van der Waals surface area contributed by atoms with Crippen molar-refractivity contribution in [1.29, 1.82) is 0 Å². The third-order valence-electron chi connectivity index (χ3n) is 3.21. The molecule has 1 N–H and O–H groups in total. The van der Waals surface area contributed by atoms with Crippen molar-refractivity contribution in [2.75, 3.05) is 6.61 Å². The summed E-state index contributed by atoms with van der Waals surface area (Å²) >= 11 is 5.87. The first kappa shape index (κ1) is 11.9. The van der Waals surface area contributed by atoms with E-state index in [1.54, 1.807) is 0 Å². The standard InChI is InChI=1S/C13H18ClNO/c1-9(11-3-5-12(14)6-4-11)15-13-7-8-16-10(13)2/h3-6,9-10,13,15H,7-8H2,1-2H3. The van der Waals surface area contributed by atoms with Gasteiger partial charge < -0.3 is 10.1 Å². The minimum Gasteiger partial charge on any atom is -0.377 e. The van der Waals surface area contributed by atoms with Gasteiger partial charge in [0.1, 0.15) is 0 Å². The van der Waals surface area contributed by atoms with Gasteiger partial charge in [-0.2, -0.15) is 0 Å². The molecule has 0 saturated carbocycles. The summed E-state index contributed by atoms with van der Waals surface area (Å²) in [5.74, 6) is 0. The third-order valence-corrected chi connectivity index (χ3v) is 3.46. The smallest absolute Gasteiger partial charge is 0.0700 e. The van der Waals surface area contributed by atoms with Crippen molar-refractivity contribution in [2.45, 2.75) is 38.5 Å². The summed E-state index contributed by atoms with van der Waals surface area (Å²) < 4.78 is 5.54. The molecule has 0 aromatic heterocycles. The molecule has 16 heavy (non-hydrogen) atoms. The highest BCUT2D eigenvalue weighted by Gasteiger charge is 2.25. The van der Waals surface area contributed by atoms with E-state index in [0.29, 0.717) is 18.2 Å². The van der Waals surface area contributed by atoms with Crippen molar-refractivity contribution in [1.82, 2.24) is 5.32 Å². The zero-order valence-electron chi connectivity index (χ0n) is 9.74. The van der Waals surface area contributed by atoms with Crippen LogP contribution in [0.5, 0.6) is 0 Å². The first-order valence-electron chi connectivity index (χ1n) is 5.80. The SMILES string of the molecule is CC(NC1CCOC1C)c1ccc(Cl)cc1. The Bertz CT molecular complexity index is 338. The molecular weight excluding hydrogens is 222 g/mol. The van der Waals surface area contributed by atoms with E-state index in [2.05, 4.69) is 31.3 Å². The maximum absolute atomic E-state index is 5.87. The zero-order chi connectivity index (χ0) is 11.5. The van der Waals surface area contributed by atoms with Crippen molar-refractivity contribution < 1.29 is 4.74 Å². The van der Waals surface area contributed by atoms with E-state index in [4.69, 9.17) is 16.3 Å². The van der Waals surface area contributed by atoms with Crippen molar-refractivity contribution in [3.63, 3.8) is 0 Å². The molecule has 3 heteroatoms. The Hall–Kier alpha value is -0.570. The first-order valence-corrected chi connectivity index (χ1v) is 6.17. The lowest BCUT2D eigenvalue weighted by atomic mass is 10.1. The zero-order valence-corrected chi connectivity index (χ0v) is 10.5. The molecule has 0 spiro atoms. The van der Waals surface area contributed by atoms with Crippen LogP contribution >= 0.6 is 11.6 Å². The molecule has 1 fully saturated rings. The van der Waals surface area contributed by atoms with Gasteiger partial charge >= 0.3 is 0 Å². The molecule has 1 heterocycles. The van der Waals surface area contributed by atoms with E-state index in [0.717, 1.165) is 18.1 Å². The van der Waals surface area contributed by atoms with Gasteiger partial charge in [-0.3, -0.25) is 0 Å². The van der Waals surface area contributed by atoms with Crippen LogP contribution in [0.1, 0.15) is 31.9 Å². The highest BCUT2D eigenvalue weighted by molar-refractivity contribution is 6.30. The van der Waals surface area contributed by atoms with E-state index < -0.39 is 0 Å². The molecule has 88 valence electrons. The van der Waals surface area contributed by atoms with Gasteiger partial charge in [-0.1, -0.05) is 23.7 Å². The fraction of sp³-hybridized carbons (Fsp3) is 0.538. The number of ether oxygens (including phenoxy) is 1. The summed E-state index contributed by atoms with van der Waals surface area (Å²) in [6.07, 6.45) is 1.41. The summed E-state index contributed by atoms with van der Waals surface area (Å²) in [6.45, 7) is 5.17. The van der Waals surface area contributed by atoms with Gasteiger partial charge in [0, 0.05) is 23.7 Å². The normalized spacial score (nSPS) is 26.9. The molecule has 1 aromatic carbocycles. The van der Waals surface area contributed by atoms with Gasteiger partial charge in [0.2, 0.25) is 0 Å². The second-order valence-electron chi connectivity index (χ2n) is 4.41. The summed E-state index contributed by atoms with van der Waals surface area (Å²) in [6, 6.07) is 8.81. The van der Waals surface area contributed by atoms with Gasteiger partial charge in [0.25, 0.3) is 0 Å². The molecule has 3 atom stereocenters. The number of benzene rings is 1. The monoisotopic (exact) mass is 239 g/mol. The number of hydrogen-bond donors (Lipinski definition) is 1. The largest absolute Gasteiger partial charge is 0.377 e. The minimum absolute atomic E-state index is 0.315. The number of halogens is 1. The van der Waals surface area contributed by atoms with Crippen LogP contribution in [0.25, 0.3) is 0 Å². The quantitative estimate of drug-likeness (QED) is 0.875. The fourth-order valence-electron chi connectivity index (χ4n) is 2.12. The molecule has 0 bridgehead atoms. The Balaban J connectivity index is 1.97. The van der Waals surface area contributed by atoms with Gasteiger partial charge in [-0.05, 0) is 38.0 Å². The number of hydrogen-bond acceptors (Lipinski definition) is 2. The first-order chi connectivity index (χ1) is 7.66. The van der Waals surface area contributed by atoms with Gasteiger partial charge in [-0.15, -0.1) is 0 Å². The highest BCUT2D eigenvalue weighted by Crippen LogP contribution is 2.20. The molecule has 1 aliphatic heterocycles. The molecule has 0 aliphatic carbocycles. The Morgan fingerprint density at radius 3 is 2.62 bits per heavy atom. The van der Waals surface area contributed by atoms with Crippen molar-refractivity contribution in [3.05, 3.63) is 34.9 Å². The van der Waals surface area contributed by atoms with E-state index in [-0.39, 0.29) is 0 Å². The summed E-state index contributed by atoms with van der Waals surface area (Å²) in [4.78, 5) is 0. The summed E-state index contributed by atoms with van der Waals surface area (Å²) in [5.41, 5.74) is 1.27.